The number of aliphatic carboxylic acids is 1. The second-order valence-electron chi connectivity index (χ2n) is 7.41. The molecular formula is C18H17F3N6O4S3. The minimum Gasteiger partial charge on any atom is -0.477 e. The lowest BCUT2D eigenvalue weighted by Gasteiger charge is -2.49. The van der Waals surface area contributed by atoms with Crippen LogP contribution >= 0.6 is 34.9 Å². The van der Waals surface area contributed by atoms with E-state index in [1.807, 2.05) is 0 Å². The highest BCUT2D eigenvalue weighted by atomic mass is 32.2. The third-order valence-electron chi connectivity index (χ3n) is 5.01. The van der Waals surface area contributed by atoms with E-state index in [4.69, 9.17) is 0 Å². The van der Waals surface area contributed by atoms with Crippen LogP contribution in [-0.4, -0.2) is 70.7 Å². The Morgan fingerprint density at radius 2 is 2.06 bits per heavy atom. The summed E-state index contributed by atoms with van der Waals surface area (Å²) in [4.78, 5) is 38.2. The number of rotatable bonds is 7. The summed E-state index contributed by atoms with van der Waals surface area (Å²) in [6.45, 7) is 2.68. The zero-order chi connectivity index (χ0) is 24.8. The summed E-state index contributed by atoms with van der Waals surface area (Å²) in [5, 5.41) is 23.7. The molecule has 0 aliphatic carbocycles. The summed E-state index contributed by atoms with van der Waals surface area (Å²) < 4.78 is 40.1. The van der Waals surface area contributed by atoms with Gasteiger partial charge in [-0.25, -0.2) is 4.79 Å². The number of nitrogens with zero attached hydrogens (tertiary/aromatic N) is 5. The second kappa shape index (κ2) is 9.22. The molecule has 0 spiro atoms. The normalized spacial score (nSPS) is 20.3. The number of aryl methyl sites for hydroxylation is 2. The van der Waals surface area contributed by atoms with E-state index >= 15 is 0 Å². The van der Waals surface area contributed by atoms with Gasteiger partial charge in [0.1, 0.15) is 28.7 Å². The van der Waals surface area contributed by atoms with Gasteiger partial charge in [0, 0.05) is 17.2 Å². The summed E-state index contributed by atoms with van der Waals surface area (Å²) in [5.74, 6) is -1.89. The van der Waals surface area contributed by atoms with Crippen LogP contribution in [0.5, 0.6) is 0 Å². The van der Waals surface area contributed by atoms with E-state index < -0.39 is 47.6 Å². The van der Waals surface area contributed by atoms with Crippen LogP contribution in [0.2, 0.25) is 0 Å². The molecule has 182 valence electrons. The van der Waals surface area contributed by atoms with Gasteiger partial charge in [-0.1, -0.05) is 23.1 Å². The van der Waals surface area contributed by atoms with Crippen LogP contribution < -0.4 is 5.32 Å². The largest absolute Gasteiger partial charge is 0.477 e. The van der Waals surface area contributed by atoms with Gasteiger partial charge < -0.3 is 10.4 Å². The van der Waals surface area contributed by atoms with Gasteiger partial charge in [0.2, 0.25) is 5.91 Å². The number of aromatic nitrogens is 4. The molecule has 4 rings (SSSR count). The average Bonchev–Trinajstić information content (AvgIpc) is 3.34. The van der Waals surface area contributed by atoms with Crippen molar-refractivity contribution in [2.24, 2.45) is 0 Å². The number of carbonyl (C=O) groups excluding carboxylic acids is 2. The molecule has 10 nitrogen and oxygen atoms in total. The zero-order valence-corrected chi connectivity index (χ0v) is 20.1. The second-order valence-corrected chi connectivity index (χ2v) is 10.9. The van der Waals surface area contributed by atoms with Crippen LogP contribution in [0.25, 0.3) is 0 Å². The van der Waals surface area contributed by atoms with Crippen molar-refractivity contribution in [3.8, 4) is 0 Å². The Labute approximate surface area is 203 Å². The van der Waals surface area contributed by atoms with Gasteiger partial charge in [-0.3, -0.25) is 19.2 Å². The molecule has 2 atom stereocenters. The minimum absolute atomic E-state index is 0.120. The van der Waals surface area contributed by atoms with Crippen LogP contribution in [0, 0.1) is 13.8 Å². The van der Waals surface area contributed by atoms with Crippen molar-refractivity contribution in [3.63, 3.8) is 0 Å². The van der Waals surface area contributed by atoms with E-state index in [0.29, 0.717) is 21.4 Å². The fourth-order valence-electron chi connectivity index (χ4n) is 3.44. The first-order valence-corrected chi connectivity index (χ1v) is 12.5. The summed E-state index contributed by atoms with van der Waals surface area (Å²) in [7, 11) is 0. The summed E-state index contributed by atoms with van der Waals surface area (Å²) in [5.41, 5.74) is -0.542. The number of carbonyl (C=O) groups is 3. The molecule has 2 aliphatic rings. The lowest BCUT2D eigenvalue weighted by molar-refractivity contribution is -0.150. The predicted octanol–water partition coefficient (Wildman–Crippen LogP) is 1.90. The van der Waals surface area contributed by atoms with Gasteiger partial charge in [-0.15, -0.1) is 22.0 Å². The molecule has 2 amide bonds. The standard InChI is InChI=1S/C18H17F3N6O4S3/c1-7-3-10(18(19,20)21)25-26(7)4-11(28)22-12-14(29)27-13(16(30)31)9(5-32-15(12)27)6-33-17-24-23-8(2)34-17/h3,12,15H,4-6H2,1-2H3,(H,22,28)(H,30,31)/t12-,15+/m0/s1. The monoisotopic (exact) mass is 534 g/mol. The molecule has 0 bridgehead atoms. The first kappa shape index (κ1) is 24.5. The highest BCUT2D eigenvalue weighted by molar-refractivity contribution is 8.01. The number of hydrogen-bond donors (Lipinski definition) is 2. The van der Waals surface area contributed by atoms with Crippen LogP contribution in [0.15, 0.2) is 21.7 Å². The van der Waals surface area contributed by atoms with Crippen molar-refractivity contribution in [1.82, 2.24) is 30.2 Å². The number of carboxylic acid groups (broad SMARTS) is 1. The minimum atomic E-state index is -4.64. The highest BCUT2D eigenvalue weighted by Crippen LogP contribution is 2.41. The summed E-state index contributed by atoms with van der Waals surface area (Å²) >= 11 is 4.01. The van der Waals surface area contributed by atoms with Crippen molar-refractivity contribution < 1.29 is 32.7 Å². The van der Waals surface area contributed by atoms with Gasteiger partial charge >= 0.3 is 12.1 Å². The van der Waals surface area contributed by atoms with Crippen molar-refractivity contribution in [2.45, 2.75) is 42.3 Å². The quantitative estimate of drug-likeness (QED) is 0.404. The molecule has 34 heavy (non-hydrogen) atoms. The van der Waals surface area contributed by atoms with Crippen LogP contribution in [0.4, 0.5) is 13.2 Å². The van der Waals surface area contributed by atoms with E-state index in [1.165, 1.54) is 41.8 Å². The SMILES string of the molecule is Cc1nnc(SCC2=C(C(=O)O)N3C(=O)[C@H](NC(=O)Cn4nc(C(F)(F)F)cc4C)[C@H]3SC2)s1. The lowest BCUT2D eigenvalue weighted by Crippen LogP contribution is -2.70. The molecule has 1 fully saturated rings. The Morgan fingerprint density at radius 3 is 2.65 bits per heavy atom. The van der Waals surface area contributed by atoms with E-state index in [9.17, 15) is 32.7 Å². The van der Waals surface area contributed by atoms with Gasteiger partial charge in [0.05, 0.1) is 0 Å². The van der Waals surface area contributed by atoms with Crippen LogP contribution in [0.1, 0.15) is 16.4 Å². The number of hydrogen-bond acceptors (Lipinski definition) is 9. The fourth-order valence-corrected chi connectivity index (χ4v) is 6.74. The lowest BCUT2D eigenvalue weighted by atomic mass is 10.0. The van der Waals surface area contributed by atoms with Crippen LogP contribution in [0.3, 0.4) is 0 Å². The molecule has 2 N–H and O–H groups in total. The Morgan fingerprint density at radius 1 is 1.32 bits per heavy atom. The van der Waals surface area contributed by atoms with Gasteiger partial charge in [-0.2, -0.15) is 18.3 Å². The maximum absolute atomic E-state index is 12.8. The molecule has 0 saturated carbocycles. The van der Waals surface area contributed by atoms with Gasteiger partial charge in [-0.05, 0) is 25.5 Å². The Balaban J connectivity index is 1.42. The molecule has 16 heteroatoms. The van der Waals surface area contributed by atoms with E-state index in [1.54, 1.807) is 6.92 Å². The molecule has 0 aromatic carbocycles. The molecule has 0 radical (unpaired) electrons. The fraction of sp³-hybridized carbons (Fsp3) is 0.444. The molecule has 0 unspecified atom stereocenters. The summed E-state index contributed by atoms with van der Waals surface area (Å²) in [6.07, 6.45) is -4.64. The number of carboxylic acids is 1. The molecule has 1 saturated heterocycles. The Bertz CT molecular complexity index is 1190. The van der Waals surface area contributed by atoms with Gasteiger partial charge in [0.25, 0.3) is 5.91 Å². The van der Waals surface area contributed by atoms with Crippen LogP contribution in [-0.2, 0) is 27.1 Å². The smallest absolute Gasteiger partial charge is 0.435 e. The first-order valence-electron chi connectivity index (χ1n) is 9.69. The van der Waals surface area contributed by atoms with Crippen molar-refractivity contribution in [1.29, 1.82) is 0 Å². The maximum Gasteiger partial charge on any atom is 0.435 e. The molecular weight excluding hydrogens is 517 g/mol. The van der Waals surface area contributed by atoms with Crippen molar-refractivity contribution >= 4 is 52.6 Å². The third kappa shape index (κ3) is 4.79. The number of nitrogens with one attached hydrogen (secondary N) is 1. The predicted molar refractivity (Wildman–Crippen MR) is 117 cm³/mol. The Kier molecular flexibility index (Phi) is 6.65. The first-order chi connectivity index (χ1) is 16.0. The highest BCUT2D eigenvalue weighted by Gasteiger charge is 2.54. The van der Waals surface area contributed by atoms with E-state index in [-0.39, 0.29) is 11.4 Å². The summed E-state index contributed by atoms with van der Waals surface area (Å²) in [6, 6.07) is -0.155. The zero-order valence-electron chi connectivity index (χ0n) is 17.6. The number of amides is 2. The third-order valence-corrected chi connectivity index (χ3v) is 8.41. The van der Waals surface area contributed by atoms with E-state index in [0.717, 1.165) is 20.7 Å². The average molecular weight is 535 g/mol. The number of thioether (sulfide) groups is 2. The van der Waals surface area contributed by atoms with Crippen molar-refractivity contribution in [2.75, 3.05) is 11.5 Å². The molecule has 2 aromatic heterocycles. The number of β-lactam (4-membered cyclic amide) rings is 1. The number of fused-ring (bicyclic) bond motifs is 1. The number of halogens is 3. The topological polar surface area (TPSA) is 130 Å². The maximum atomic E-state index is 12.8. The Hall–Kier alpha value is -2.59. The van der Waals surface area contributed by atoms with Crippen molar-refractivity contribution in [3.05, 3.63) is 33.7 Å². The van der Waals surface area contributed by atoms with Gasteiger partial charge in [0.15, 0.2) is 10.0 Å². The molecule has 2 aliphatic heterocycles. The number of alkyl halides is 3. The molecule has 4 heterocycles. The van der Waals surface area contributed by atoms with E-state index in [2.05, 4.69) is 20.6 Å². The molecule has 2 aromatic rings.